The fourth-order valence-corrected chi connectivity index (χ4v) is 3.73. The molecule has 0 aliphatic carbocycles. The molecule has 0 radical (unpaired) electrons. The van der Waals surface area contributed by atoms with Crippen LogP contribution in [0.15, 0.2) is 60.1 Å². The molecule has 2 aromatic carbocycles. The molecule has 30 heavy (non-hydrogen) atoms. The number of aromatic hydroxyl groups is 1. The number of pyridine rings is 1. The van der Waals surface area contributed by atoms with Crippen LogP contribution in [0, 0.1) is 5.82 Å². The minimum absolute atomic E-state index is 0.0687. The van der Waals surface area contributed by atoms with Gasteiger partial charge in [0.25, 0.3) is 5.91 Å². The summed E-state index contributed by atoms with van der Waals surface area (Å²) < 4.78 is 13.1. The number of amides is 1. The number of carbonyl (C=O) groups excluding carboxylic acids is 1. The van der Waals surface area contributed by atoms with E-state index in [1.165, 1.54) is 35.7 Å². The second-order valence-corrected chi connectivity index (χ2v) is 7.55. The summed E-state index contributed by atoms with van der Waals surface area (Å²) in [5.41, 5.74) is 1.55. The van der Waals surface area contributed by atoms with Crippen LogP contribution in [0.2, 0.25) is 0 Å². The van der Waals surface area contributed by atoms with Crippen molar-refractivity contribution in [3.05, 3.63) is 87.5 Å². The van der Waals surface area contributed by atoms with E-state index in [1.54, 1.807) is 35.7 Å². The summed E-state index contributed by atoms with van der Waals surface area (Å²) in [6.45, 7) is 0. The largest absolute Gasteiger partial charge is 0.505 e. The van der Waals surface area contributed by atoms with Gasteiger partial charge >= 0.3 is 5.97 Å². The standard InChI is InChI=1S/C22H15FN2O4S/c23-14-5-3-12(4-6-14)8-13-9-15-17(25-21(27)18-2-1-7-30-18)10-16(22(28)29)20(26)19(15)24-11-13/h1-7,9-11,26H,8H2,(H,25,27)(H,28,29). The van der Waals surface area contributed by atoms with E-state index in [9.17, 15) is 24.2 Å². The van der Waals surface area contributed by atoms with Gasteiger partial charge in [0.15, 0.2) is 5.75 Å². The molecule has 0 atom stereocenters. The molecule has 0 aliphatic rings. The summed E-state index contributed by atoms with van der Waals surface area (Å²) in [6.07, 6.45) is 1.96. The summed E-state index contributed by atoms with van der Waals surface area (Å²) in [6, 6.07) is 12.4. The Morgan fingerprint density at radius 3 is 2.53 bits per heavy atom. The van der Waals surface area contributed by atoms with Crippen LogP contribution in [-0.4, -0.2) is 27.1 Å². The second kappa shape index (κ2) is 7.92. The number of carbonyl (C=O) groups is 2. The number of aromatic nitrogens is 1. The van der Waals surface area contributed by atoms with Crippen LogP contribution in [0.3, 0.4) is 0 Å². The first-order valence-corrected chi connectivity index (χ1v) is 9.77. The number of anilines is 1. The number of nitrogens with zero attached hydrogens (tertiary/aromatic N) is 1. The Kier molecular flexibility index (Phi) is 5.16. The van der Waals surface area contributed by atoms with Crippen molar-refractivity contribution >= 4 is 39.8 Å². The third-order valence-electron chi connectivity index (χ3n) is 4.55. The first-order valence-electron chi connectivity index (χ1n) is 8.89. The van der Waals surface area contributed by atoms with E-state index in [0.29, 0.717) is 16.7 Å². The Morgan fingerprint density at radius 1 is 1.10 bits per heavy atom. The lowest BCUT2D eigenvalue weighted by Crippen LogP contribution is -2.12. The van der Waals surface area contributed by atoms with Crippen molar-refractivity contribution in [2.75, 3.05) is 5.32 Å². The fourth-order valence-electron chi connectivity index (χ4n) is 3.11. The maximum atomic E-state index is 13.1. The molecule has 2 aromatic heterocycles. The maximum absolute atomic E-state index is 13.1. The number of hydrogen-bond donors (Lipinski definition) is 3. The SMILES string of the molecule is O=C(Nc1cc(C(=O)O)c(O)c2ncc(Cc3ccc(F)cc3)cc12)c1cccs1. The van der Waals surface area contributed by atoms with Gasteiger partial charge < -0.3 is 15.5 Å². The van der Waals surface area contributed by atoms with Crippen molar-refractivity contribution < 1.29 is 24.2 Å². The van der Waals surface area contributed by atoms with Crippen molar-refractivity contribution in [2.45, 2.75) is 6.42 Å². The molecule has 4 rings (SSSR count). The normalized spacial score (nSPS) is 10.8. The molecule has 8 heteroatoms. The Balaban J connectivity index is 1.79. The molecular formula is C22H15FN2O4S. The van der Waals surface area contributed by atoms with Gasteiger partial charge in [0.1, 0.15) is 16.9 Å². The minimum atomic E-state index is -1.33. The van der Waals surface area contributed by atoms with E-state index in [-0.39, 0.29) is 22.6 Å². The summed E-state index contributed by atoms with van der Waals surface area (Å²) in [5, 5.41) is 24.7. The Labute approximate surface area is 174 Å². The number of fused-ring (bicyclic) bond motifs is 1. The number of carboxylic acid groups (broad SMARTS) is 1. The van der Waals surface area contributed by atoms with Gasteiger partial charge in [-0.1, -0.05) is 18.2 Å². The van der Waals surface area contributed by atoms with E-state index >= 15 is 0 Å². The summed E-state index contributed by atoms with van der Waals surface area (Å²) in [7, 11) is 0. The van der Waals surface area contributed by atoms with Crippen molar-refractivity contribution in [3.63, 3.8) is 0 Å². The number of phenols is 1. The van der Waals surface area contributed by atoms with Crippen molar-refractivity contribution in [3.8, 4) is 5.75 Å². The average Bonchev–Trinajstić information content (AvgIpc) is 3.26. The number of thiophene rings is 1. The summed E-state index contributed by atoms with van der Waals surface area (Å²) in [5.74, 6) is -2.53. The smallest absolute Gasteiger partial charge is 0.339 e. The van der Waals surface area contributed by atoms with E-state index in [4.69, 9.17) is 0 Å². The minimum Gasteiger partial charge on any atom is -0.505 e. The quantitative estimate of drug-likeness (QED) is 0.406. The topological polar surface area (TPSA) is 99.5 Å². The third-order valence-corrected chi connectivity index (χ3v) is 5.42. The van der Waals surface area contributed by atoms with Gasteiger partial charge in [0.05, 0.1) is 10.6 Å². The molecule has 6 nitrogen and oxygen atoms in total. The molecular weight excluding hydrogens is 407 g/mol. The monoisotopic (exact) mass is 422 g/mol. The van der Waals surface area contributed by atoms with E-state index < -0.39 is 17.6 Å². The number of rotatable bonds is 5. The number of nitrogens with one attached hydrogen (secondary N) is 1. The number of carboxylic acids is 1. The van der Waals surface area contributed by atoms with Crippen LogP contribution < -0.4 is 5.32 Å². The van der Waals surface area contributed by atoms with Crippen LogP contribution in [0.5, 0.6) is 5.75 Å². The van der Waals surface area contributed by atoms with Gasteiger partial charge in [-0.15, -0.1) is 11.3 Å². The highest BCUT2D eigenvalue weighted by molar-refractivity contribution is 7.12. The van der Waals surface area contributed by atoms with Crippen molar-refractivity contribution in [2.24, 2.45) is 0 Å². The van der Waals surface area contributed by atoms with Crippen LogP contribution in [0.4, 0.5) is 10.1 Å². The molecule has 0 spiro atoms. The zero-order valence-corrected chi connectivity index (χ0v) is 16.2. The molecule has 4 aromatic rings. The van der Waals surface area contributed by atoms with Crippen LogP contribution >= 0.6 is 11.3 Å². The Hall–Kier alpha value is -3.78. The lowest BCUT2D eigenvalue weighted by atomic mass is 10.0. The number of halogens is 1. The highest BCUT2D eigenvalue weighted by Crippen LogP contribution is 2.34. The van der Waals surface area contributed by atoms with Gasteiger partial charge in [-0.05, 0) is 53.3 Å². The van der Waals surface area contributed by atoms with Crippen LogP contribution in [0.25, 0.3) is 10.9 Å². The van der Waals surface area contributed by atoms with E-state index in [2.05, 4.69) is 10.3 Å². The van der Waals surface area contributed by atoms with E-state index in [0.717, 1.165) is 11.1 Å². The molecule has 150 valence electrons. The Bertz CT molecular complexity index is 1250. The van der Waals surface area contributed by atoms with Crippen molar-refractivity contribution in [1.82, 2.24) is 4.98 Å². The molecule has 0 aliphatic heterocycles. The third kappa shape index (κ3) is 3.85. The second-order valence-electron chi connectivity index (χ2n) is 6.60. The van der Waals surface area contributed by atoms with Crippen molar-refractivity contribution in [1.29, 1.82) is 0 Å². The lowest BCUT2D eigenvalue weighted by molar-refractivity contribution is 0.0693. The highest BCUT2D eigenvalue weighted by atomic mass is 32.1. The molecule has 1 amide bonds. The van der Waals surface area contributed by atoms with Gasteiger partial charge in [0.2, 0.25) is 0 Å². The molecule has 2 heterocycles. The number of hydrogen-bond acceptors (Lipinski definition) is 5. The zero-order valence-electron chi connectivity index (χ0n) is 15.4. The zero-order chi connectivity index (χ0) is 21.3. The molecule has 0 unspecified atom stereocenters. The van der Waals surface area contributed by atoms with Gasteiger partial charge in [-0.25, -0.2) is 9.18 Å². The summed E-state index contributed by atoms with van der Waals surface area (Å²) >= 11 is 1.25. The molecule has 0 bridgehead atoms. The highest BCUT2D eigenvalue weighted by Gasteiger charge is 2.20. The van der Waals surface area contributed by atoms with Gasteiger partial charge in [0, 0.05) is 11.6 Å². The van der Waals surface area contributed by atoms with Crippen LogP contribution in [-0.2, 0) is 6.42 Å². The number of aromatic carboxylic acids is 1. The maximum Gasteiger partial charge on any atom is 0.339 e. The lowest BCUT2D eigenvalue weighted by Gasteiger charge is -2.13. The molecule has 3 N–H and O–H groups in total. The van der Waals surface area contributed by atoms with Crippen LogP contribution in [0.1, 0.15) is 31.2 Å². The molecule has 0 saturated carbocycles. The fraction of sp³-hybridized carbons (Fsp3) is 0.0455. The first-order chi connectivity index (χ1) is 14.4. The predicted molar refractivity (Wildman–Crippen MR) is 112 cm³/mol. The Morgan fingerprint density at radius 2 is 1.87 bits per heavy atom. The molecule has 0 fully saturated rings. The summed E-state index contributed by atoms with van der Waals surface area (Å²) in [4.78, 5) is 28.8. The van der Waals surface area contributed by atoms with E-state index in [1.807, 2.05) is 0 Å². The first kappa shape index (κ1) is 19.5. The van der Waals surface area contributed by atoms with Gasteiger partial charge in [-0.2, -0.15) is 0 Å². The van der Waals surface area contributed by atoms with Gasteiger partial charge in [-0.3, -0.25) is 9.78 Å². The predicted octanol–water partition coefficient (Wildman–Crippen LogP) is 4.68. The average molecular weight is 422 g/mol. The number of benzene rings is 2. The molecule has 0 saturated heterocycles.